The second-order valence-corrected chi connectivity index (χ2v) is 7.30. The van der Waals surface area contributed by atoms with Gasteiger partial charge in [0, 0.05) is 18.3 Å². The number of ether oxygens (including phenoxy) is 1. The first-order valence-corrected chi connectivity index (χ1v) is 9.49. The molecule has 0 aromatic heterocycles. The SMILES string of the molecule is COc1ccc(CN(CC(=O)NC(=O)Nc2ccc(C)cc2C)C2CC2)cc1. The number of amides is 3. The summed E-state index contributed by atoms with van der Waals surface area (Å²) in [4.78, 5) is 26.7. The maximum Gasteiger partial charge on any atom is 0.325 e. The lowest BCUT2D eigenvalue weighted by atomic mass is 10.1. The van der Waals surface area contributed by atoms with Gasteiger partial charge in [0.25, 0.3) is 0 Å². The highest BCUT2D eigenvalue weighted by molar-refractivity contribution is 6.02. The lowest BCUT2D eigenvalue weighted by Crippen LogP contribution is -2.42. The summed E-state index contributed by atoms with van der Waals surface area (Å²) in [5.74, 6) is 0.505. The minimum Gasteiger partial charge on any atom is -0.497 e. The monoisotopic (exact) mass is 381 g/mol. The molecule has 0 aliphatic heterocycles. The average Bonchev–Trinajstić information content (AvgIpc) is 3.49. The standard InChI is InChI=1S/C22H27N3O3/c1-15-4-11-20(16(2)12-15)23-22(27)24-21(26)14-25(18-7-8-18)13-17-5-9-19(28-3)10-6-17/h4-6,9-12,18H,7-8,13-14H2,1-3H3,(H2,23,24,26,27). The van der Waals surface area contributed by atoms with E-state index in [0.29, 0.717) is 18.3 Å². The topological polar surface area (TPSA) is 70.7 Å². The van der Waals surface area contributed by atoms with Gasteiger partial charge >= 0.3 is 6.03 Å². The molecule has 0 heterocycles. The molecule has 28 heavy (non-hydrogen) atoms. The van der Waals surface area contributed by atoms with Gasteiger partial charge < -0.3 is 10.1 Å². The van der Waals surface area contributed by atoms with E-state index in [4.69, 9.17) is 4.74 Å². The number of imide groups is 1. The van der Waals surface area contributed by atoms with Gasteiger partial charge in [-0.3, -0.25) is 15.0 Å². The third-order valence-electron chi connectivity index (χ3n) is 4.84. The number of aryl methyl sites for hydroxylation is 2. The predicted molar refractivity (Wildman–Crippen MR) is 110 cm³/mol. The molecule has 1 fully saturated rings. The van der Waals surface area contributed by atoms with Crippen molar-refractivity contribution in [3.05, 3.63) is 59.2 Å². The highest BCUT2D eigenvalue weighted by atomic mass is 16.5. The van der Waals surface area contributed by atoms with Crippen LogP contribution in [0.3, 0.4) is 0 Å². The maximum absolute atomic E-state index is 12.4. The number of rotatable bonds is 7. The van der Waals surface area contributed by atoms with Gasteiger partial charge in [0.2, 0.25) is 5.91 Å². The molecule has 0 unspecified atom stereocenters. The Kier molecular flexibility index (Phi) is 6.31. The molecule has 2 N–H and O–H groups in total. The zero-order valence-electron chi connectivity index (χ0n) is 16.6. The lowest BCUT2D eigenvalue weighted by Gasteiger charge is -2.21. The molecule has 1 saturated carbocycles. The molecule has 0 radical (unpaired) electrons. The average molecular weight is 381 g/mol. The number of urea groups is 1. The normalized spacial score (nSPS) is 13.3. The van der Waals surface area contributed by atoms with Crippen molar-refractivity contribution in [2.75, 3.05) is 19.0 Å². The van der Waals surface area contributed by atoms with Crippen molar-refractivity contribution in [3.63, 3.8) is 0 Å². The van der Waals surface area contributed by atoms with Crippen molar-refractivity contribution >= 4 is 17.6 Å². The minimum absolute atomic E-state index is 0.191. The number of anilines is 1. The Morgan fingerprint density at radius 3 is 2.43 bits per heavy atom. The molecule has 0 atom stereocenters. The fourth-order valence-corrected chi connectivity index (χ4v) is 3.18. The molecular formula is C22H27N3O3. The summed E-state index contributed by atoms with van der Waals surface area (Å²) < 4.78 is 5.18. The van der Waals surface area contributed by atoms with E-state index in [-0.39, 0.29) is 12.5 Å². The Bertz CT molecular complexity index is 845. The quantitative estimate of drug-likeness (QED) is 0.768. The zero-order chi connectivity index (χ0) is 20.1. The summed E-state index contributed by atoms with van der Waals surface area (Å²) in [5.41, 5.74) is 3.90. The largest absolute Gasteiger partial charge is 0.497 e. The molecule has 0 saturated heterocycles. The highest BCUT2D eigenvalue weighted by Gasteiger charge is 2.30. The van der Waals surface area contributed by atoms with Crippen LogP contribution in [0.5, 0.6) is 5.75 Å². The molecule has 0 bridgehead atoms. The van der Waals surface area contributed by atoms with Crippen LogP contribution < -0.4 is 15.4 Å². The molecule has 2 aromatic rings. The van der Waals surface area contributed by atoms with Gasteiger partial charge in [-0.25, -0.2) is 4.79 Å². The van der Waals surface area contributed by atoms with Crippen LogP contribution in [0, 0.1) is 13.8 Å². The van der Waals surface area contributed by atoms with E-state index in [2.05, 4.69) is 15.5 Å². The predicted octanol–water partition coefficient (Wildman–Crippen LogP) is 3.62. The number of carbonyl (C=O) groups excluding carboxylic acids is 2. The number of methoxy groups -OCH3 is 1. The van der Waals surface area contributed by atoms with Crippen molar-refractivity contribution in [1.82, 2.24) is 10.2 Å². The van der Waals surface area contributed by atoms with Gasteiger partial charge in [-0.15, -0.1) is 0 Å². The van der Waals surface area contributed by atoms with Gasteiger partial charge in [0.1, 0.15) is 5.75 Å². The van der Waals surface area contributed by atoms with E-state index in [1.54, 1.807) is 7.11 Å². The fraction of sp³-hybridized carbons (Fsp3) is 0.364. The third kappa shape index (κ3) is 5.57. The van der Waals surface area contributed by atoms with Crippen LogP contribution >= 0.6 is 0 Å². The summed E-state index contributed by atoms with van der Waals surface area (Å²) in [7, 11) is 1.64. The summed E-state index contributed by atoms with van der Waals surface area (Å²) in [6.07, 6.45) is 2.16. The maximum atomic E-state index is 12.4. The van der Waals surface area contributed by atoms with Crippen molar-refractivity contribution in [2.24, 2.45) is 0 Å². The minimum atomic E-state index is -0.503. The van der Waals surface area contributed by atoms with E-state index in [0.717, 1.165) is 35.3 Å². The van der Waals surface area contributed by atoms with Crippen LogP contribution in [0.1, 0.15) is 29.5 Å². The highest BCUT2D eigenvalue weighted by Crippen LogP contribution is 2.28. The fourth-order valence-electron chi connectivity index (χ4n) is 3.18. The van der Waals surface area contributed by atoms with Crippen LogP contribution in [0.15, 0.2) is 42.5 Å². The van der Waals surface area contributed by atoms with E-state index < -0.39 is 6.03 Å². The molecule has 148 valence electrons. The van der Waals surface area contributed by atoms with Gasteiger partial charge in [0.15, 0.2) is 0 Å². The lowest BCUT2D eigenvalue weighted by molar-refractivity contribution is -0.121. The Morgan fingerprint density at radius 1 is 1.11 bits per heavy atom. The molecule has 2 aromatic carbocycles. The molecular weight excluding hydrogens is 354 g/mol. The Labute approximate surface area is 165 Å². The third-order valence-corrected chi connectivity index (χ3v) is 4.84. The zero-order valence-corrected chi connectivity index (χ0v) is 16.6. The van der Waals surface area contributed by atoms with Crippen LogP contribution in [0.4, 0.5) is 10.5 Å². The van der Waals surface area contributed by atoms with Crippen molar-refractivity contribution in [1.29, 1.82) is 0 Å². The first-order chi connectivity index (χ1) is 13.4. The molecule has 6 nitrogen and oxygen atoms in total. The number of benzene rings is 2. The number of nitrogens with zero attached hydrogens (tertiary/aromatic N) is 1. The summed E-state index contributed by atoms with van der Waals surface area (Å²) in [6.45, 7) is 4.78. The van der Waals surface area contributed by atoms with Crippen molar-refractivity contribution in [2.45, 2.75) is 39.3 Å². The van der Waals surface area contributed by atoms with Crippen LogP contribution in [0.25, 0.3) is 0 Å². The molecule has 1 aliphatic carbocycles. The first kappa shape index (κ1) is 19.9. The molecule has 6 heteroatoms. The second-order valence-electron chi connectivity index (χ2n) is 7.30. The summed E-state index contributed by atoms with van der Waals surface area (Å²) in [6, 6.07) is 13.5. The van der Waals surface area contributed by atoms with Gasteiger partial charge in [-0.1, -0.05) is 29.8 Å². The van der Waals surface area contributed by atoms with E-state index in [1.165, 1.54) is 0 Å². The Balaban J connectivity index is 1.54. The van der Waals surface area contributed by atoms with Gasteiger partial charge in [-0.05, 0) is 56.0 Å². The smallest absolute Gasteiger partial charge is 0.325 e. The van der Waals surface area contributed by atoms with E-state index >= 15 is 0 Å². The number of hydrogen-bond acceptors (Lipinski definition) is 4. The van der Waals surface area contributed by atoms with Crippen LogP contribution in [-0.2, 0) is 11.3 Å². The van der Waals surface area contributed by atoms with Crippen LogP contribution in [-0.4, -0.2) is 36.5 Å². The van der Waals surface area contributed by atoms with E-state index in [9.17, 15) is 9.59 Å². The number of nitrogens with one attached hydrogen (secondary N) is 2. The second kappa shape index (κ2) is 8.89. The van der Waals surface area contributed by atoms with Crippen molar-refractivity contribution < 1.29 is 14.3 Å². The number of carbonyl (C=O) groups is 2. The van der Waals surface area contributed by atoms with Gasteiger partial charge in [0.05, 0.1) is 13.7 Å². The Morgan fingerprint density at radius 2 is 1.82 bits per heavy atom. The first-order valence-electron chi connectivity index (χ1n) is 9.49. The van der Waals surface area contributed by atoms with Crippen molar-refractivity contribution in [3.8, 4) is 5.75 Å². The van der Waals surface area contributed by atoms with Gasteiger partial charge in [-0.2, -0.15) is 0 Å². The number of hydrogen-bond donors (Lipinski definition) is 2. The molecule has 0 spiro atoms. The molecule has 3 amide bonds. The van der Waals surface area contributed by atoms with E-state index in [1.807, 2.05) is 56.3 Å². The molecule has 3 rings (SSSR count). The Hall–Kier alpha value is -2.86. The summed E-state index contributed by atoms with van der Waals surface area (Å²) >= 11 is 0. The summed E-state index contributed by atoms with van der Waals surface area (Å²) in [5, 5.41) is 5.18. The van der Waals surface area contributed by atoms with Crippen LogP contribution in [0.2, 0.25) is 0 Å². The molecule has 1 aliphatic rings.